The Morgan fingerprint density at radius 2 is 1.73 bits per heavy atom. The number of fused-ring (bicyclic) bond motifs is 1. The fourth-order valence-corrected chi connectivity index (χ4v) is 6.88. The first-order valence-corrected chi connectivity index (χ1v) is 17.9. The van der Waals surface area contributed by atoms with E-state index in [1.165, 1.54) is 127 Å². The number of aliphatic imine (C=N–C) groups is 1. The lowest BCUT2D eigenvalue weighted by atomic mass is 9.87. The number of benzene rings is 2. The standard InChI is InChI=1S/C42H59N3/c1-6-32(2)18-12-10-8-7-9-11-13-19-34(4)44-27-17-14-20-37-29-39(28-33(3)35(37)5)40-25-24-36-22-23-38(30-41(36)40)42-21-15-16-26-43-31-45-42/h6,21-23,28-31,40,44H,1-2,4,7-20,24-27H2,3,5H3,(H,43,45)/b42-21-. The van der Waals surface area contributed by atoms with Crippen LogP contribution in [-0.4, -0.2) is 19.4 Å². The Hall–Kier alpha value is -3.33. The molecule has 3 nitrogen and oxygen atoms in total. The summed E-state index contributed by atoms with van der Waals surface area (Å²) in [6.45, 7) is 18.6. The van der Waals surface area contributed by atoms with Gasteiger partial charge < -0.3 is 10.6 Å². The molecule has 1 atom stereocenters. The van der Waals surface area contributed by atoms with Crippen LogP contribution in [0.15, 0.2) is 78.5 Å². The van der Waals surface area contributed by atoms with E-state index in [-0.39, 0.29) is 0 Å². The van der Waals surface area contributed by atoms with Crippen molar-refractivity contribution in [3.05, 3.63) is 112 Å². The summed E-state index contributed by atoms with van der Waals surface area (Å²) in [5.74, 6) is 0.480. The molecular weight excluding hydrogens is 546 g/mol. The van der Waals surface area contributed by atoms with Crippen molar-refractivity contribution >= 4 is 12.0 Å². The highest BCUT2D eigenvalue weighted by atomic mass is 14.9. The van der Waals surface area contributed by atoms with Crippen LogP contribution in [0, 0.1) is 13.8 Å². The normalized spacial score (nSPS) is 17.0. The van der Waals surface area contributed by atoms with Crippen molar-refractivity contribution in [3.8, 4) is 0 Å². The number of aryl methyl sites for hydroxylation is 3. The van der Waals surface area contributed by atoms with E-state index < -0.39 is 0 Å². The Morgan fingerprint density at radius 3 is 2.53 bits per heavy atom. The highest BCUT2D eigenvalue weighted by Crippen LogP contribution is 2.40. The Bertz CT molecular complexity index is 1340. The van der Waals surface area contributed by atoms with Crippen molar-refractivity contribution in [3.63, 3.8) is 0 Å². The molecule has 1 heterocycles. The smallest absolute Gasteiger partial charge is 0.0867 e. The lowest BCUT2D eigenvalue weighted by Gasteiger charge is -2.19. The second-order valence-corrected chi connectivity index (χ2v) is 13.4. The van der Waals surface area contributed by atoms with Gasteiger partial charge in [0.25, 0.3) is 0 Å². The summed E-state index contributed by atoms with van der Waals surface area (Å²) in [4.78, 5) is 4.46. The van der Waals surface area contributed by atoms with Crippen LogP contribution in [0.1, 0.15) is 135 Å². The number of nitrogens with one attached hydrogen (secondary N) is 2. The molecule has 45 heavy (non-hydrogen) atoms. The monoisotopic (exact) mass is 605 g/mol. The first-order valence-electron chi connectivity index (χ1n) is 17.9. The highest BCUT2D eigenvalue weighted by molar-refractivity contribution is 5.77. The maximum absolute atomic E-state index is 4.46. The van der Waals surface area contributed by atoms with Crippen LogP contribution in [0.4, 0.5) is 0 Å². The maximum atomic E-state index is 4.46. The molecule has 0 saturated carbocycles. The van der Waals surface area contributed by atoms with Gasteiger partial charge >= 0.3 is 0 Å². The first-order chi connectivity index (χ1) is 22.0. The number of nitrogens with zero attached hydrogens (tertiary/aromatic N) is 1. The Balaban J connectivity index is 1.19. The summed E-state index contributed by atoms with van der Waals surface area (Å²) in [5, 5.41) is 7.04. The zero-order valence-electron chi connectivity index (χ0n) is 28.5. The van der Waals surface area contributed by atoms with Crippen molar-refractivity contribution in [2.45, 2.75) is 122 Å². The van der Waals surface area contributed by atoms with E-state index in [1.807, 2.05) is 12.4 Å². The zero-order chi connectivity index (χ0) is 31.9. The summed E-state index contributed by atoms with van der Waals surface area (Å²) in [5.41, 5.74) is 13.8. The maximum Gasteiger partial charge on any atom is 0.0867 e. The van der Waals surface area contributed by atoms with Crippen molar-refractivity contribution < 1.29 is 0 Å². The molecule has 2 N–H and O–H groups in total. The van der Waals surface area contributed by atoms with Crippen LogP contribution >= 0.6 is 0 Å². The van der Waals surface area contributed by atoms with Crippen molar-refractivity contribution in [1.29, 1.82) is 0 Å². The molecule has 0 spiro atoms. The molecule has 0 bridgehead atoms. The Labute approximate surface area is 275 Å². The van der Waals surface area contributed by atoms with Gasteiger partial charge in [-0.3, -0.25) is 4.99 Å². The zero-order valence-corrected chi connectivity index (χ0v) is 28.5. The molecule has 2 aliphatic rings. The van der Waals surface area contributed by atoms with E-state index in [0.717, 1.165) is 45.2 Å². The molecule has 0 amide bonds. The SMILES string of the molecule is C=CC(=C)CCCCCCCCCC(=C)NCCCCc1cc(C2CCc3ccc(/C4=C/CCCN=CN4)cc32)cc(C)c1C. The third kappa shape index (κ3) is 10.9. The first kappa shape index (κ1) is 34.5. The predicted octanol–water partition coefficient (Wildman–Crippen LogP) is 10.8. The van der Waals surface area contributed by atoms with Crippen LogP contribution in [0.25, 0.3) is 5.70 Å². The van der Waals surface area contributed by atoms with Gasteiger partial charge in [0.1, 0.15) is 0 Å². The summed E-state index contributed by atoms with van der Waals surface area (Å²) in [6.07, 6.45) is 25.5. The quantitative estimate of drug-likeness (QED) is 0.123. The molecule has 1 unspecified atom stereocenters. The fourth-order valence-electron chi connectivity index (χ4n) is 6.88. The molecular formula is C42H59N3. The number of unbranched alkanes of at least 4 members (excludes halogenated alkanes) is 7. The summed E-state index contributed by atoms with van der Waals surface area (Å²) in [6, 6.07) is 12.1. The Morgan fingerprint density at radius 1 is 0.956 bits per heavy atom. The minimum atomic E-state index is 0.480. The van der Waals surface area contributed by atoms with Gasteiger partial charge in [-0.2, -0.15) is 0 Å². The van der Waals surface area contributed by atoms with Gasteiger partial charge in [-0.15, -0.1) is 0 Å². The predicted molar refractivity (Wildman–Crippen MR) is 197 cm³/mol. The van der Waals surface area contributed by atoms with Gasteiger partial charge in [-0.25, -0.2) is 0 Å². The lowest BCUT2D eigenvalue weighted by Crippen LogP contribution is -2.14. The van der Waals surface area contributed by atoms with E-state index in [0.29, 0.717) is 5.92 Å². The van der Waals surface area contributed by atoms with Gasteiger partial charge in [-0.05, 0) is 129 Å². The second kappa shape index (κ2) is 18.6. The van der Waals surface area contributed by atoms with Gasteiger partial charge in [0.05, 0.1) is 6.34 Å². The molecule has 3 heteroatoms. The van der Waals surface area contributed by atoms with Crippen LogP contribution in [0.5, 0.6) is 0 Å². The van der Waals surface area contributed by atoms with E-state index in [4.69, 9.17) is 0 Å². The van der Waals surface area contributed by atoms with Gasteiger partial charge in [0, 0.05) is 30.4 Å². The second-order valence-electron chi connectivity index (χ2n) is 13.4. The molecule has 4 rings (SSSR count). The van der Waals surface area contributed by atoms with Crippen molar-refractivity contribution in [1.82, 2.24) is 10.6 Å². The Kier molecular flexibility index (Phi) is 14.3. The number of hydrogen-bond acceptors (Lipinski definition) is 3. The summed E-state index contributed by atoms with van der Waals surface area (Å²) < 4.78 is 0. The number of hydrogen-bond donors (Lipinski definition) is 2. The van der Waals surface area contributed by atoms with Gasteiger partial charge in [0.15, 0.2) is 0 Å². The molecule has 0 radical (unpaired) electrons. The van der Waals surface area contributed by atoms with Crippen LogP contribution in [0.3, 0.4) is 0 Å². The third-order valence-corrected chi connectivity index (χ3v) is 9.90. The summed E-state index contributed by atoms with van der Waals surface area (Å²) >= 11 is 0. The molecule has 242 valence electrons. The van der Waals surface area contributed by atoms with Crippen LogP contribution < -0.4 is 10.6 Å². The van der Waals surface area contributed by atoms with Gasteiger partial charge in [-0.1, -0.05) is 93.8 Å². The van der Waals surface area contributed by atoms with E-state index in [9.17, 15) is 0 Å². The molecule has 2 aromatic rings. The lowest BCUT2D eigenvalue weighted by molar-refractivity contribution is 0.570. The average molecular weight is 606 g/mol. The molecule has 1 aliphatic heterocycles. The highest BCUT2D eigenvalue weighted by Gasteiger charge is 2.25. The van der Waals surface area contributed by atoms with E-state index in [1.54, 1.807) is 0 Å². The molecule has 1 aliphatic carbocycles. The van der Waals surface area contributed by atoms with Crippen molar-refractivity contribution in [2.24, 2.45) is 4.99 Å². The topological polar surface area (TPSA) is 36.4 Å². The van der Waals surface area contributed by atoms with E-state index in [2.05, 4.69) is 85.6 Å². The summed E-state index contributed by atoms with van der Waals surface area (Å²) in [7, 11) is 0. The molecule has 0 aromatic heterocycles. The van der Waals surface area contributed by atoms with Gasteiger partial charge in [0.2, 0.25) is 0 Å². The van der Waals surface area contributed by atoms with E-state index >= 15 is 0 Å². The fraction of sp³-hybridized carbons (Fsp3) is 0.500. The van der Waals surface area contributed by atoms with Crippen molar-refractivity contribution in [2.75, 3.05) is 13.1 Å². The number of rotatable bonds is 19. The third-order valence-electron chi connectivity index (χ3n) is 9.90. The number of allylic oxidation sites excluding steroid dienone is 4. The minimum absolute atomic E-state index is 0.480. The van der Waals surface area contributed by atoms with Crippen LogP contribution in [0.2, 0.25) is 0 Å². The molecule has 0 saturated heterocycles. The van der Waals surface area contributed by atoms with Crippen LogP contribution in [-0.2, 0) is 12.8 Å². The average Bonchev–Trinajstić information content (AvgIpc) is 3.45. The molecule has 2 aromatic carbocycles. The molecule has 0 fully saturated rings. The largest absolute Gasteiger partial charge is 0.389 e. The minimum Gasteiger partial charge on any atom is -0.389 e.